The van der Waals surface area contributed by atoms with Crippen molar-refractivity contribution in [2.45, 2.75) is 91.1 Å². The maximum absolute atomic E-state index is 15.4. The maximum Gasteiger partial charge on any atom is 0.326 e. The number of likely N-dealkylation sites (tertiary alicyclic amines) is 1. The summed E-state index contributed by atoms with van der Waals surface area (Å²) in [7, 11) is 0. The number of urea groups is 1. The second kappa shape index (κ2) is 16.4. The Morgan fingerprint density at radius 1 is 0.873 bits per heavy atom. The van der Waals surface area contributed by atoms with Gasteiger partial charge < -0.3 is 14.5 Å². The van der Waals surface area contributed by atoms with Crippen LogP contribution in [-0.2, 0) is 21.3 Å². The number of aromatic nitrogens is 1. The number of ether oxygens (including phenoxy) is 1. The van der Waals surface area contributed by atoms with Crippen molar-refractivity contribution < 1.29 is 14.3 Å². The lowest BCUT2D eigenvalue weighted by Gasteiger charge is -2.47. The molecule has 0 aliphatic carbocycles. The molecule has 0 saturated carbocycles. The number of rotatable bonds is 9. The van der Waals surface area contributed by atoms with E-state index in [0.29, 0.717) is 59.2 Å². The molecule has 296 valence electrons. The van der Waals surface area contributed by atoms with E-state index in [9.17, 15) is 4.79 Å². The molecule has 2 atom stereocenters. The molecule has 4 heterocycles. The quantitative estimate of drug-likeness (QED) is 0.216. The van der Waals surface area contributed by atoms with Crippen molar-refractivity contribution in [2.75, 3.05) is 52.4 Å². The normalized spacial score (nSPS) is 22.7. The number of hydrogen-bond donors (Lipinski definition) is 0. The molecule has 0 spiro atoms. The highest BCUT2D eigenvalue weighted by molar-refractivity contribution is 6.30. The predicted molar refractivity (Wildman–Crippen MR) is 222 cm³/mol. The highest BCUT2D eigenvalue weighted by atomic mass is 35.5. The molecule has 2 saturated heterocycles. The number of pyridine rings is 1. The van der Waals surface area contributed by atoms with Crippen molar-refractivity contribution in [2.24, 2.45) is 16.8 Å². The van der Waals surface area contributed by atoms with Crippen molar-refractivity contribution in [3.63, 3.8) is 0 Å². The zero-order valence-corrected chi connectivity index (χ0v) is 35.4. The first-order valence-corrected chi connectivity index (χ1v) is 20.7. The lowest BCUT2D eigenvalue weighted by Crippen LogP contribution is -2.59. The van der Waals surface area contributed by atoms with Crippen molar-refractivity contribution in [3.05, 3.63) is 93.2 Å². The fraction of sp³-hybridized carbons (Fsp3) is 0.545. The van der Waals surface area contributed by atoms with E-state index in [1.807, 2.05) is 76.2 Å². The Morgan fingerprint density at radius 3 is 2.00 bits per heavy atom. The summed E-state index contributed by atoms with van der Waals surface area (Å²) in [5.74, 6) is 2.18. The topological polar surface area (TPSA) is 81.6 Å². The molecule has 3 aliphatic heterocycles. The molecule has 9 nitrogen and oxygen atoms in total. The Morgan fingerprint density at radius 2 is 1.45 bits per heavy atom. The lowest BCUT2D eigenvalue weighted by molar-refractivity contribution is -0.134. The van der Waals surface area contributed by atoms with Crippen LogP contribution in [0.1, 0.15) is 97.0 Å². The third kappa shape index (κ3) is 8.40. The molecule has 2 fully saturated rings. The van der Waals surface area contributed by atoms with Gasteiger partial charge in [-0.05, 0) is 80.8 Å². The third-order valence-electron chi connectivity index (χ3n) is 11.8. The van der Waals surface area contributed by atoms with E-state index in [1.165, 1.54) is 0 Å². The SMILES string of the molecule is CCOc1cc(C(C)(C)C)ncc1C1=N[C@@](C)(c2ccc(Cl)cc2)[C@@](C)(c2ccc(Cl)cc2)N1C(=O)N1CCC(CC(=O)N2CCN(CC(C)C)CC2)CC1. The van der Waals surface area contributed by atoms with Crippen LogP contribution in [0.2, 0.25) is 10.0 Å². The smallest absolute Gasteiger partial charge is 0.326 e. The summed E-state index contributed by atoms with van der Waals surface area (Å²) >= 11 is 12.9. The Hall–Kier alpha value is -3.66. The van der Waals surface area contributed by atoms with E-state index in [-0.39, 0.29) is 23.3 Å². The highest BCUT2D eigenvalue weighted by Gasteiger charge is 2.60. The number of piperazine rings is 1. The summed E-state index contributed by atoms with van der Waals surface area (Å²) in [4.78, 5) is 47.6. The van der Waals surface area contributed by atoms with Gasteiger partial charge in [0.1, 0.15) is 22.7 Å². The maximum atomic E-state index is 15.4. The molecule has 0 radical (unpaired) electrons. The van der Waals surface area contributed by atoms with Gasteiger partial charge in [0, 0.05) is 85.7 Å². The fourth-order valence-corrected chi connectivity index (χ4v) is 8.65. The van der Waals surface area contributed by atoms with Crippen LogP contribution in [0.25, 0.3) is 0 Å². The number of piperidine rings is 1. The minimum atomic E-state index is -1.02. The average molecular weight is 790 g/mol. The number of carbonyl (C=O) groups excluding carboxylic acids is 2. The largest absolute Gasteiger partial charge is 0.493 e. The van der Waals surface area contributed by atoms with Crippen LogP contribution >= 0.6 is 23.2 Å². The van der Waals surface area contributed by atoms with Crippen LogP contribution < -0.4 is 4.74 Å². The van der Waals surface area contributed by atoms with Crippen LogP contribution in [0.5, 0.6) is 5.75 Å². The molecule has 11 heteroatoms. The fourth-order valence-electron chi connectivity index (χ4n) is 8.40. The van der Waals surface area contributed by atoms with Crippen molar-refractivity contribution in [1.82, 2.24) is 24.6 Å². The monoisotopic (exact) mass is 788 g/mol. The van der Waals surface area contributed by atoms with Gasteiger partial charge in [-0.1, -0.05) is 82.1 Å². The van der Waals surface area contributed by atoms with E-state index >= 15 is 4.79 Å². The molecule has 0 bridgehead atoms. The van der Waals surface area contributed by atoms with Crippen molar-refractivity contribution in [1.29, 1.82) is 0 Å². The molecule has 1 aromatic heterocycles. The summed E-state index contributed by atoms with van der Waals surface area (Å²) in [5.41, 5.74) is 1.11. The number of aliphatic imine (C=N–C) groups is 1. The van der Waals surface area contributed by atoms with E-state index in [1.54, 1.807) is 6.20 Å². The van der Waals surface area contributed by atoms with E-state index in [2.05, 4.69) is 53.4 Å². The van der Waals surface area contributed by atoms with Gasteiger partial charge in [0.25, 0.3) is 0 Å². The zero-order chi connectivity index (χ0) is 39.7. The summed E-state index contributed by atoms with van der Waals surface area (Å²) < 4.78 is 6.32. The minimum absolute atomic E-state index is 0.151. The van der Waals surface area contributed by atoms with Gasteiger partial charge in [0.2, 0.25) is 5.91 Å². The molecule has 0 unspecified atom stereocenters. The molecule has 0 N–H and O–H groups in total. The van der Waals surface area contributed by atoms with Gasteiger partial charge >= 0.3 is 6.03 Å². The van der Waals surface area contributed by atoms with Gasteiger partial charge in [-0.15, -0.1) is 0 Å². The van der Waals surface area contributed by atoms with E-state index in [4.69, 9.17) is 37.9 Å². The summed E-state index contributed by atoms with van der Waals surface area (Å²) in [6.45, 7) is 23.0. The van der Waals surface area contributed by atoms with Gasteiger partial charge in [0.05, 0.1) is 12.2 Å². The first-order valence-electron chi connectivity index (χ1n) is 19.9. The first kappa shape index (κ1) is 41.0. The molecule has 3 aromatic rings. The van der Waals surface area contributed by atoms with Gasteiger partial charge in [0.15, 0.2) is 0 Å². The van der Waals surface area contributed by atoms with Gasteiger partial charge in [-0.2, -0.15) is 0 Å². The molecular formula is C44H58Cl2N6O3. The highest BCUT2D eigenvalue weighted by Crippen LogP contribution is 2.54. The summed E-state index contributed by atoms with van der Waals surface area (Å²) in [6.07, 6.45) is 3.83. The minimum Gasteiger partial charge on any atom is -0.493 e. The predicted octanol–water partition coefficient (Wildman–Crippen LogP) is 9.00. The Bertz CT molecular complexity index is 1860. The van der Waals surface area contributed by atoms with Crippen LogP contribution in [-0.4, -0.2) is 94.8 Å². The number of hydrogen-bond acceptors (Lipinski definition) is 6. The molecule has 3 aliphatic rings. The first-order chi connectivity index (χ1) is 26.0. The lowest BCUT2D eigenvalue weighted by atomic mass is 9.71. The zero-order valence-electron chi connectivity index (χ0n) is 33.9. The van der Waals surface area contributed by atoms with Gasteiger partial charge in [-0.3, -0.25) is 24.6 Å². The number of benzene rings is 2. The van der Waals surface area contributed by atoms with E-state index < -0.39 is 11.1 Å². The summed E-state index contributed by atoms with van der Waals surface area (Å²) in [5, 5.41) is 1.22. The number of nitrogens with zero attached hydrogens (tertiary/aromatic N) is 6. The Kier molecular flexibility index (Phi) is 12.3. The summed E-state index contributed by atoms with van der Waals surface area (Å²) in [6, 6.07) is 17.2. The van der Waals surface area contributed by atoms with E-state index in [0.717, 1.165) is 62.4 Å². The van der Waals surface area contributed by atoms with Crippen molar-refractivity contribution in [3.8, 4) is 5.75 Å². The number of halogens is 2. The van der Waals surface area contributed by atoms with Crippen LogP contribution in [0.4, 0.5) is 4.79 Å². The van der Waals surface area contributed by atoms with Crippen LogP contribution in [0.3, 0.4) is 0 Å². The Balaban J connectivity index is 1.35. The molecule has 55 heavy (non-hydrogen) atoms. The van der Waals surface area contributed by atoms with Crippen LogP contribution in [0.15, 0.2) is 65.8 Å². The Labute approximate surface area is 338 Å². The third-order valence-corrected chi connectivity index (χ3v) is 12.3. The molecular weight excluding hydrogens is 731 g/mol. The molecule has 2 aromatic carbocycles. The van der Waals surface area contributed by atoms with Gasteiger partial charge in [-0.25, -0.2) is 4.79 Å². The average Bonchev–Trinajstić information content (AvgIpc) is 3.39. The molecule has 3 amide bonds. The molecule has 6 rings (SSSR count). The standard InChI is InChI=1S/C44H58Cl2N6O3/c1-9-55-37-27-38(42(4,5)6)47-28-36(37)40-48-43(7,32-10-14-34(45)15-11-32)44(8,33-12-16-35(46)17-13-33)52(40)41(54)51-20-18-31(19-21-51)26-39(53)50-24-22-49(23-25-50)29-30(2)3/h10-17,27-28,30-31H,9,18-26,29H2,1-8H3/t43-,44+/m0/s1. The number of carbonyl (C=O) groups is 2. The number of amides is 3. The van der Waals surface area contributed by atoms with Crippen molar-refractivity contribution >= 4 is 41.0 Å². The second-order valence-corrected chi connectivity index (χ2v) is 18.0. The van der Waals surface area contributed by atoms with Crippen LogP contribution in [0, 0.1) is 11.8 Å². The number of amidine groups is 1. The second-order valence-electron chi connectivity index (χ2n) is 17.2.